The predicted octanol–water partition coefficient (Wildman–Crippen LogP) is 2.05. The van der Waals surface area contributed by atoms with Crippen LogP contribution in [0.1, 0.15) is 27.8 Å². The largest absolute Gasteiger partial charge is 0.366 e. The minimum absolute atomic E-state index is 0.0255. The van der Waals surface area contributed by atoms with E-state index in [1.54, 1.807) is 24.3 Å². The summed E-state index contributed by atoms with van der Waals surface area (Å²) in [5.41, 5.74) is 7.76. The van der Waals surface area contributed by atoms with Crippen molar-refractivity contribution in [1.82, 2.24) is 14.8 Å². The number of anilines is 1. The molecule has 3 aromatic rings. The zero-order valence-electron chi connectivity index (χ0n) is 17.3. The number of para-hydroxylation sites is 1. The molecule has 2 aromatic carbocycles. The highest BCUT2D eigenvalue weighted by Crippen LogP contribution is 2.18. The van der Waals surface area contributed by atoms with Crippen LogP contribution in [0.15, 0.2) is 54.6 Å². The topological polar surface area (TPSA) is 112 Å². The number of fused-ring (bicyclic) bond motifs is 1. The second-order valence-corrected chi connectivity index (χ2v) is 7.71. The standard InChI is InChI=1S/C23H25N5O3/c1-15(22(30)25-18-8-6-16(7-9-18)21(24)29)27-10-12-28(13-11-27)23(31)20-14-17-4-2-3-5-19(17)26-20/h2-9,14-15,26H,10-13H2,1H3,(H2,24,29)(H,25,30). The average Bonchev–Trinajstić information content (AvgIpc) is 3.23. The molecule has 0 aliphatic carbocycles. The fraction of sp³-hybridized carbons (Fsp3) is 0.261. The summed E-state index contributed by atoms with van der Waals surface area (Å²) in [7, 11) is 0. The van der Waals surface area contributed by atoms with Gasteiger partial charge in [-0.2, -0.15) is 0 Å². The van der Waals surface area contributed by atoms with Crippen molar-refractivity contribution >= 4 is 34.3 Å². The van der Waals surface area contributed by atoms with Crippen molar-refractivity contribution in [2.24, 2.45) is 5.73 Å². The summed E-state index contributed by atoms with van der Waals surface area (Å²) in [4.78, 5) is 43.7. The van der Waals surface area contributed by atoms with Gasteiger partial charge in [0.1, 0.15) is 5.69 Å². The van der Waals surface area contributed by atoms with Crippen LogP contribution in [0, 0.1) is 0 Å². The summed E-state index contributed by atoms with van der Waals surface area (Å²) in [6.07, 6.45) is 0. The van der Waals surface area contributed by atoms with Gasteiger partial charge < -0.3 is 20.9 Å². The number of rotatable bonds is 5. The number of H-pyrrole nitrogens is 1. The summed E-state index contributed by atoms with van der Waals surface area (Å²) in [6.45, 7) is 4.18. The molecule has 4 N–H and O–H groups in total. The van der Waals surface area contributed by atoms with Crippen molar-refractivity contribution in [3.63, 3.8) is 0 Å². The Bertz CT molecular complexity index is 1080. The Hall–Kier alpha value is -3.65. The van der Waals surface area contributed by atoms with Gasteiger partial charge in [0.05, 0.1) is 6.04 Å². The highest BCUT2D eigenvalue weighted by Gasteiger charge is 2.28. The zero-order chi connectivity index (χ0) is 22.0. The lowest BCUT2D eigenvalue weighted by Gasteiger charge is -2.37. The first kappa shape index (κ1) is 20.6. The van der Waals surface area contributed by atoms with E-state index in [1.165, 1.54) is 0 Å². The van der Waals surface area contributed by atoms with E-state index in [9.17, 15) is 14.4 Å². The van der Waals surface area contributed by atoms with Gasteiger partial charge in [-0.25, -0.2) is 0 Å². The van der Waals surface area contributed by atoms with E-state index in [0.717, 1.165) is 10.9 Å². The van der Waals surface area contributed by atoms with Crippen LogP contribution in [0.5, 0.6) is 0 Å². The van der Waals surface area contributed by atoms with E-state index in [0.29, 0.717) is 43.1 Å². The van der Waals surface area contributed by atoms with E-state index >= 15 is 0 Å². The molecule has 0 spiro atoms. The second kappa shape index (κ2) is 8.61. The molecule has 8 nitrogen and oxygen atoms in total. The van der Waals surface area contributed by atoms with E-state index in [-0.39, 0.29) is 17.9 Å². The maximum absolute atomic E-state index is 12.9. The van der Waals surface area contributed by atoms with Gasteiger partial charge >= 0.3 is 0 Å². The van der Waals surface area contributed by atoms with Gasteiger partial charge in [0.25, 0.3) is 5.91 Å². The molecule has 160 valence electrons. The molecule has 0 saturated carbocycles. The quantitative estimate of drug-likeness (QED) is 0.588. The normalized spacial score (nSPS) is 15.6. The highest BCUT2D eigenvalue weighted by molar-refractivity contribution is 5.98. The fourth-order valence-electron chi connectivity index (χ4n) is 3.80. The Balaban J connectivity index is 1.32. The molecule has 1 atom stereocenters. The van der Waals surface area contributed by atoms with E-state index in [1.807, 2.05) is 42.2 Å². The molecule has 0 radical (unpaired) electrons. The Morgan fingerprint density at radius 1 is 1.00 bits per heavy atom. The first-order chi connectivity index (χ1) is 14.9. The highest BCUT2D eigenvalue weighted by atomic mass is 16.2. The van der Waals surface area contributed by atoms with Crippen LogP contribution in [0.4, 0.5) is 5.69 Å². The third-order valence-corrected chi connectivity index (χ3v) is 5.73. The number of amides is 3. The van der Waals surface area contributed by atoms with Crippen molar-refractivity contribution in [2.75, 3.05) is 31.5 Å². The third kappa shape index (κ3) is 4.44. The Morgan fingerprint density at radius 3 is 2.32 bits per heavy atom. The molecule has 1 aromatic heterocycles. The van der Waals surface area contributed by atoms with Crippen molar-refractivity contribution in [3.05, 3.63) is 65.9 Å². The Morgan fingerprint density at radius 2 is 1.68 bits per heavy atom. The second-order valence-electron chi connectivity index (χ2n) is 7.71. The van der Waals surface area contributed by atoms with Crippen LogP contribution in [0.3, 0.4) is 0 Å². The SMILES string of the molecule is CC(C(=O)Nc1ccc(C(N)=O)cc1)N1CCN(C(=O)c2cc3ccccc3[nH]2)CC1. The van der Waals surface area contributed by atoms with Gasteiger partial charge in [-0.05, 0) is 43.3 Å². The average molecular weight is 419 g/mol. The first-order valence-corrected chi connectivity index (χ1v) is 10.2. The monoisotopic (exact) mass is 419 g/mol. The summed E-state index contributed by atoms with van der Waals surface area (Å²) >= 11 is 0. The molecule has 3 amide bonds. The number of hydrogen-bond donors (Lipinski definition) is 3. The lowest BCUT2D eigenvalue weighted by atomic mass is 10.1. The molecule has 0 bridgehead atoms. The summed E-state index contributed by atoms with van der Waals surface area (Å²) in [5, 5.41) is 3.87. The van der Waals surface area contributed by atoms with Crippen LogP contribution in [0.25, 0.3) is 10.9 Å². The molecular weight excluding hydrogens is 394 g/mol. The Kier molecular flexibility index (Phi) is 5.73. The smallest absolute Gasteiger partial charge is 0.270 e. The molecule has 1 saturated heterocycles. The van der Waals surface area contributed by atoms with Crippen LogP contribution in [-0.2, 0) is 4.79 Å². The fourth-order valence-corrected chi connectivity index (χ4v) is 3.80. The minimum atomic E-state index is -0.508. The summed E-state index contributed by atoms with van der Waals surface area (Å²) in [6, 6.07) is 15.8. The number of benzene rings is 2. The maximum atomic E-state index is 12.9. The molecule has 2 heterocycles. The van der Waals surface area contributed by atoms with Gasteiger partial charge in [-0.3, -0.25) is 19.3 Å². The number of aromatic amines is 1. The number of hydrogen-bond acceptors (Lipinski definition) is 4. The minimum Gasteiger partial charge on any atom is -0.366 e. The Labute approximate surface area is 180 Å². The van der Waals surface area contributed by atoms with E-state index in [4.69, 9.17) is 5.73 Å². The van der Waals surface area contributed by atoms with Crippen LogP contribution < -0.4 is 11.1 Å². The van der Waals surface area contributed by atoms with Crippen molar-refractivity contribution < 1.29 is 14.4 Å². The summed E-state index contributed by atoms with van der Waals surface area (Å²) in [5.74, 6) is -0.671. The molecule has 4 rings (SSSR count). The van der Waals surface area contributed by atoms with Gasteiger partial charge in [0.2, 0.25) is 11.8 Å². The number of nitrogens with one attached hydrogen (secondary N) is 2. The van der Waals surface area contributed by atoms with Crippen molar-refractivity contribution in [1.29, 1.82) is 0 Å². The van der Waals surface area contributed by atoms with E-state index in [2.05, 4.69) is 15.2 Å². The third-order valence-electron chi connectivity index (χ3n) is 5.73. The number of aromatic nitrogens is 1. The van der Waals surface area contributed by atoms with Gasteiger partial charge in [-0.15, -0.1) is 0 Å². The lowest BCUT2D eigenvalue weighted by molar-refractivity contribution is -0.121. The molecule has 1 aliphatic heterocycles. The number of carbonyl (C=O) groups excluding carboxylic acids is 3. The molecular formula is C23H25N5O3. The van der Waals surface area contributed by atoms with Crippen LogP contribution in [0.2, 0.25) is 0 Å². The number of nitrogens with two attached hydrogens (primary N) is 1. The van der Waals surface area contributed by atoms with Crippen molar-refractivity contribution in [2.45, 2.75) is 13.0 Å². The lowest BCUT2D eigenvalue weighted by Crippen LogP contribution is -2.54. The zero-order valence-corrected chi connectivity index (χ0v) is 17.3. The molecule has 1 aliphatic rings. The molecule has 1 unspecified atom stereocenters. The number of carbonyl (C=O) groups is 3. The van der Waals surface area contributed by atoms with Gasteiger partial charge in [0.15, 0.2) is 0 Å². The number of primary amides is 1. The number of nitrogens with zero attached hydrogens (tertiary/aromatic N) is 2. The molecule has 31 heavy (non-hydrogen) atoms. The van der Waals surface area contributed by atoms with E-state index < -0.39 is 5.91 Å². The van der Waals surface area contributed by atoms with Gasteiger partial charge in [0, 0.05) is 48.3 Å². The first-order valence-electron chi connectivity index (χ1n) is 10.2. The van der Waals surface area contributed by atoms with Crippen LogP contribution >= 0.6 is 0 Å². The number of piperazine rings is 1. The summed E-state index contributed by atoms with van der Waals surface area (Å²) < 4.78 is 0. The molecule has 8 heteroatoms. The molecule has 1 fully saturated rings. The predicted molar refractivity (Wildman–Crippen MR) is 119 cm³/mol. The van der Waals surface area contributed by atoms with Gasteiger partial charge in [-0.1, -0.05) is 18.2 Å². The van der Waals surface area contributed by atoms with Crippen LogP contribution in [-0.4, -0.2) is 64.7 Å². The van der Waals surface area contributed by atoms with Crippen molar-refractivity contribution in [3.8, 4) is 0 Å². The maximum Gasteiger partial charge on any atom is 0.270 e.